The monoisotopic (exact) mass is 259 g/mol. The summed E-state index contributed by atoms with van der Waals surface area (Å²) in [5, 5.41) is 14.7. The summed E-state index contributed by atoms with van der Waals surface area (Å²) in [5.41, 5.74) is 2.05. The van der Waals surface area contributed by atoms with Crippen molar-refractivity contribution in [1.29, 1.82) is 0 Å². The van der Waals surface area contributed by atoms with Gasteiger partial charge in [0.25, 0.3) is 0 Å². The number of anilines is 1. The summed E-state index contributed by atoms with van der Waals surface area (Å²) in [7, 11) is 0. The zero-order valence-electron chi connectivity index (χ0n) is 12.0. The number of nitrogens with one attached hydrogen (secondary N) is 1. The van der Waals surface area contributed by atoms with Crippen LogP contribution in [0.1, 0.15) is 45.1 Å². The number of aliphatic hydroxyl groups is 1. The molecule has 3 atom stereocenters. The highest BCUT2D eigenvalue weighted by atomic mass is 16.3. The van der Waals surface area contributed by atoms with Gasteiger partial charge in [-0.15, -0.1) is 0 Å². The maximum absolute atomic E-state index is 11.1. The van der Waals surface area contributed by atoms with E-state index >= 15 is 0 Å². The number of hydrogen-bond acceptors (Lipinski definition) is 2. The molecule has 2 aliphatic rings. The SMILES string of the molecule is CC(C)C1CCCC(O)(C2Cc3ccccc3N2)C1. The van der Waals surface area contributed by atoms with Gasteiger partial charge in [-0.1, -0.05) is 38.5 Å². The summed E-state index contributed by atoms with van der Waals surface area (Å²) < 4.78 is 0. The molecule has 2 N–H and O–H groups in total. The lowest BCUT2D eigenvalue weighted by molar-refractivity contribution is -0.0379. The van der Waals surface area contributed by atoms with Crippen LogP contribution in [0.4, 0.5) is 5.69 Å². The van der Waals surface area contributed by atoms with Gasteiger partial charge in [0, 0.05) is 5.69 Å². The van der Waals surface area contributed by atoms with Crippen LogP contribution in [0.3, 0.4) is 0 Å². The first-order chi connectivity index (χ1) is 9.08. The highest BCUT2D eigenvalue weighted by Crippen LogP contribution is 2.42. The van der Waals surface area contributed by atoms with Gasteiger partial charge < -0.3 is 10.4 Å². The van der Waals surface area contributed by atoms with Crippen molar-refractivity contribution in [3.8, 4) is 0 Å². The van der Waals surface area contributed by atoms with Crippen LogP contribution in [0.5, 0.6) is 0 Å². The lowest BCUT2D eigenvalue weighted by atomic mass is 9.70. The predicted octanol–water partition coefficient (Wildman–Crippen LogP) is 3.60. The molecular formula is C17H25NO. The zero-order valence-corrected chi connectivity index (χ0v) is 12.0. The van der Waals surface area contributed by atoms with E-state index in [0.717, 1.165) is 25.7 Å². The Labute approximate surface area is 116 Å². The molecule has 19 heavy (non-hydrogen) atoms. The van der Waals surface area contributed by atoms with Crippen molar-refractivity contribution in [3.05, 3.63) is 29.8 Å². The Morgan fingerprint density at radius 2 is 2.11 bits per heavy atom. The predicted molar refractivity (Wildman–Crippen MR) is 79.3 cm³/mol. The van der Waals surface area contributed by atoms with Crippen LogP contribution < -0.4 is 5.32 Å². The number of hydrogen-bond donors (Lipinski definition) is 2. The third kappa shape index (κ3) is 2.38. The average molecular weight is 259 g/mol. The third-order valence-electron chi connectivity index (χ3n) is 5.16. The first-order valence-electron chi connectivity index (χ1n) is 7.65. The van der Waals surface area contributed by atoms with Crippen LogP contribution in [0.25, 0.3) is 0 Å². The van der Waals surface area contributed by atoms with Crippen molar-refractivity contribution in [2.24, 2.45) is 11.8 Å². The van der Waals surface area contributed by atoms with Crippen LogP contribution in [-0.2, 0) is 6.42 Å². The van der Waals surface area contributed by atoms with Gasteiger partial charge in [-0.2, -0.15) is 0 Å². The lowest BCUT2D eigenvalue weighted by Gasteiger charge is -2.42. The van der Waals surface area contributed by atoms with E-state index in [2.05, 4.69) is 43.4 Å². The molecule has 1 aliphatic heterocycles. The van der Waals surface area contributed by atoms with Gasteiger partial charge in [-0.25, -0.2) is 0 Å². The number of benzene rings is 1. The summed E-state index contributed by atoms with van der Waals surface area (Å²) in [4.78, 5) is 0. The Hall–Kier alpha value is -1.02. The Morgan fingerprint density at radius 1 is 1.32 bits per heavy atom. The first kappa shape index (κ1) is 13.0. The Balaban J connectivity index is 1.76. The van der Waals surface area contributed by atoms with Crippen molar-refractivity contribution in [3.63, 3.8) is 0 Å². The second kappa shape index (κ2) is 4.82. The molecule has 1 aliphatic carbocycles. The largest absolute Gasteiger partial charge is 0.388 e. The maximum Gasteiger partial charge on any atom is 0.0853 e. The van der Waals surface area contributed by atoms with E-state index in [1.807, 2.05) is 0 Å². The maximum atomic E-state index is 11.1. The summed E-state index contributed by atoms with van der Waals surface area (Å²) in [5.74, 6) is 1.35. The van der Waals surface area contributed by atoms with Crippen LogP contribution >= 0.6 is 0 Å². The van der Waals surface area contributed by atoms with Crippen molar-refractivity contribution in [2.45, 2.75) is 57.6 Å². The molecule has 0 saturated heterocycles. The normalized spacial score (nSPS) is 34.1. The van der Waals surface area contributed by atoms with Crippen LogP contribution in [0.2, 0.25) is 0 Å². The summed E-state index contributed by atoms with van der Waals surface area (Å²) in [6, 6.07) is 8.66. The molecule has 1 aromatic rings. The van der Waals surface area contributed by atoms with Gasteiger partial charge in [0.15, 0.2) is 0 Å². The fraction of sp³-hybridized carbons (Fsp3) is 0.647. The summed E-state index contributed by atoms with van der Waals surface area (Å²) >= 11 is 0. The molecule has 0 aromatic heterocycles. The van der Waals surface area contributed by atoms with E-state index in [1.54, 1.807) is 0 Å². The van der Waals surface area contributed by atoms with Gasteiger partial charge in [-0.3, -0.25) is 0 Å². The van der Waals surface area contributed by atoms with Gasteiger partial charge in [0.2, 0.25) is 0 Å². The summed E-state index contributed by atoms with van der Waals surface area (Å²) in [6.45, 7) is 4.57. The lowest BCUT2D eigenvalue weighted by Crippen LogP contribution is -2.49. The third-order valence-corrected chi connectivity index (χ3v) is 5.16. The van der Waals surface area contributed by atoms with Crippen LogP contribution in [0, 0.1) is 11.8 Å². The molecule has 1 heterocycles. The standard InChI is InChI=1S/C17H25NO/c1-12(2)14-7-5-9-17(19,11-14)16-10-13-6-3-4-8-15(13)18-16/h3-4,6,8,12,14,16,18-19H,5,7,9-11H2,1-2H3. The molecule has 3 rings (SSSR count). The fourth-order valence-electron chi connectivity index (χ4n) is 3.84. The molecular weight excluding hydrogens is 234 g/mol. The zero-order chi connectivity index (χ0) is 13.5. The van der Waals surface area contributed by atoms with Gasteiger partial charge in [0.05, 0.1) is 11.6 Å². The minimum absolute atomic E-state index is 0.200. The van der Waals surface area contributed by atoms with E-state index < -0.39 is 5.60 Å². The molecule has 0 radical (unpaired) electrons. The molecule has 1 aromatic carbocycles. The smallest absolute Gasteiger partial charge is 0.0853 e. The molecule has 0 amide bonds. The number of para-hydroxylation sites is 1. The first-order valence-corrected chi connectivity index (χ1v) is 7.65. The Kier molecular flexibility index (Phi) is 3.30. The van der Waals surface area contributed by atoms with Crippen LogP contribution in [-0.4, -0.2) is 16.7 Å². The second-order valence-corrected chi connectivity index (χ2v) is 6.76. The van der Waals surface area contributed by atoms with Crippen molar-refractivity contribution in [1.82, 2.24) is 0 Å². The van der Waals surface area contributed by atoms with E-state index in [1.165, 1.54) is 17.7 Å². The minimum Gasteiger partial charge on any atom is -0.388 e. The van der Waals surface area contributed by atoms with Crippen LogP contribution in [0.15, 0.2) is 24.3 Å². The molecule has 104 valence electrons. The second-order valence-electron chi connectivity index (χ2n) is 6.76. The quantitative estimate of drug-likeness (QED) is 0.850. The van der Waals surface area contributed by atoms with Gasteiger partial charge in [0.1, 0.15) is 0 Å². The highest BCUT2D eigenvalue weighted by molar-refractivity contribution is 5.57. The topological polar surface area (TPSA) is 32.3 Å². The van der Waals surface area contributed by atoms with Crippen molar-refractivity contribution < 1.29 is 5.11 Å². The van der Waals surface area contributed by atoms with E-state index in [9.17, 15) is 5.11 Å². The Morgan fingerprint density at radius 3 is 2.84 bits per heavy atom. The van der Waals surface area contributed by atoms with Gasteiger partial charge in [-0.05, 0) is 49.1 Å². The average Bonchev–Trinajstić information content (AvgIpc) is 2.83. The molecule has 2 nitrogen and oxygen atoms in total. The fourth-order valence-corrected chi connectivity index (χ4v) is 3.84. The van der Waals surface area contributed by atoms with E-state index in [-0.39, 0.29) is 6.04 Å². The molecule has 3 unspecified atom stereocenters. The molecule has 2 heteroatoms. The number of fused-ring (bicyclic) bond motifs is 1. The van der Waals surface area contributed by atoms with Gasteiger partial charge >= 0.3 is 0 Å². The number of rotatable bonds is 2. The Bertz CT molecular complexity index is 431. The van der Waals surface area contributed by atoms with Crippen molar-refractivity contribution >= 4 is 5.69 Å². The molecule has 0 spiro atoms. The molecule has 0 bridgehead atoms. The highest BCUT2D eigenvalue weighted by Gasteiger charge is 2.43. The summed E-state index contributed by atoms with van der Waals surface area (Å²) in [6.07, 6.45) is 5.31. The van der Waals surface area contributed by atoms with E-state index in [4.69, 9.17) is 0 Å². The molecule has 1 saturated carbocycles. The van der Waals surface area contributed by atoms with Crippen molar-refractivity contribution in [2.75, 3.05) is 5.32 Å². The molecule has 1 fully saturated rings. The van der Waals surface area contributed by atoms with E-state index in [0.29, 0.717) is 11.8 Å². The minimum atomic E-state index is -0.522.